The first-order chi connectivity index (χ1) is 6.65. The minimum Gasteiger partial charge on any atom is -0.387 e. The van der Waals surface area contributed by atoms with Gasteiger partial charge in [-0.1, -0.05) is 12.1 Å². The number of terminal acetylenes is 1. The quantitative estimate of drug-likeness (QED) is 0.733. The smallest absolute Gasteiger partial charge is 0.0899 e. The van der Waals surface area contributed by atoms with Crippen LogP contribution in [0.1, 0.15) is 18.1 Å². The van der Waals surface area contributed by atoms with Crippen molar-refractivity contribution < 1.29 is 5.11 Å². The molecule has 0 aliphatic heterocycles. The zero-order valence-corrected chi connectivity index (χ0v) is 8.57. The normalized spacial score (nSPS) is 11.9. The second-order valence-electron chi connectivity index (χ2n) is 3.41. The number of anilines is 1. The molecule has 1 rings (SSSR count). The Balaban J connectivity index is 2.89. The third-order valence-corrected chi connectivity index (χ3v) is 2.08. The standard InChI is InChI=1S/C12H15NO/c1-4-6-12(14)10-7-5-8-11(9-10)13(2)3/h1,5,7-9,12,14H,6H2,2-3H3. The lowest BCUT2D eigenvalue weighted by atomic mass is 10.1. The minimum atomic E-state index is -0.556. The fourth-order valence-electron chi connectivity index (χ4n) is 1.24. The van der Waals surface area contributed by atoms with E-state index in [1.54, 1.807) is 0 Å². The first-order valence-electron chi connectivity index (χ1n) is 4.54. The van der Waals surface area contributed by atoms with E-state index in [4.69, 9.17) is 6.42 Å². The van der Waals surface area contributed by atoms with Gasteiger partial charge in [0.2, 0.25) is 0 Å². The monoisotopic (exact) mass is 189 g/mol. The molecule has 0 aliphatic rings. The highest BCUT2D eigenvalue weighted by molar-refractivity contribution is 5.47. The molecule has 0 fully saturated rings. The lowest BCUT2D eigenvalue weighted by Crippen LogP contribution is -2.09. The molecule has 0 aromatic heterocycles. The maximum atomic E-state index is 9.67. The highest BCUT2D eigenvalue weighted by Crippen LogP contribution is 2.20. The largest absolute Gasteiger partial charge is 0.387 e. The Bertz CT molecular complexity index is 338. The van der Waals surface area contributed by atoms with Gasteiger partial charge in [0.1, 0.15) is 0 Å². The van der Waals surface area contributed by atoms with Crippen molar-refractivity contribution in [3.05, 3.63) is 29.8 Å². The molecule has 1 unspecified atom stereocenters. The Morgan fingerprint density at radius 3 is 2.79 bits per heavy atom. The molecule has 74 valence electrons. The molecule has 0 aliphatic carbocycles. The van der Waals surface area contributed by atoms with Crippen LogP contribution in [0.25, 0.3) is 0 Å². The van der Waals surface area contributed by atoms with Gasteiger partial charge in [-0.05, 0) is 17.7 Å². The average Bonchev–Trinajstić information content (AvgIpc) is 2.18. The summed E-state index contributed by atoms with van der Waals surface area (Å²) in [7, 11) is 3.93. The first-order valence-corrected chi connectivity index (χ1v) is 4.54. The van der Waals surface area contributed by atoms with Gasteiger partial charge in [0.25, 0.3) is 0 Å². The van der Waals surface area contributed by atoms with Gasteiger partial charge in [-0.3, -0.25) is 0 Å². The Morgan fingerprint density at radius 2 is 2.21 bits per heavy atom. The molecule has 0 saturated heterocycles. The zero-order chi connectivity index (χ0) is 10.6. The fraction of sp³-hybridized carbons (Fsp3) is 0.333. The van der Waals surface area contributed by atoms with Crippen LogP contribution in [0.15, 0.2) is 24.3 Å². The van der Waals surface area contributed by atoms with Crippen molar-refractivity contribution in [1.82, 2.24) is 0 Å². The van der Waals surface area contributed by atoms with Gasteiger partial charge in [-0.2, -0.15) is 0 Å². The molecular formula is C12H15NO. The molecular weight excluding hydrogens is 174 g/mol. The molecule has 14 heavy (non-hydrogen) atoms. The average molecular weight is 189 g/mol. The Kier molecular flexibility index (Phi) is 3.55. The van der Waals surface area contributed by atoms with Crippen LogP contribution in [0, 0.1) is 12.3 Å². The number of nitrogens with zero attached hydrogens (tertiary/aromatic N) is 1. The predicted molar refractivity (Wildman–Crippen MR) is 59.2 cm³/mol. The lowest BCUT2D eigenvalue weighted by Gasteiger charge is -2.15. The number of benzene rings is 1. The summed E-state index contributed by atoms with van der Waals surface area (Å²) in [5.41, 5.74) is 1.94. The molecule has 0 saturated carbocycles. The van der Waals surface area contributed by atoms with E-state index in [9.17, 15) is 5.11 Å². The van der Waals surface area contributed by atoms with Crippen LogP contribution >= 0.6 is 0 Å². The molecule has 1 aromatic carbocycles. The second kappa shape index (κ2) is 4.69. The van der Waals surface area contributed by atoms with Crippen molar-refractivity contribution in [3.63, 3.8) is 0 Å². The maximum Gasteiger partial charge on any atom is 0.0899 e. The molecule has 1 N–H and O–H groups in total. The van der Waals surface area contributed by atoms with E-state index < -0.39 is 6.10 Å². The van der Waals surface area contributed by atoms with Crippen molar-refractivity contribution in [2.45, 2.75) is 12.5 Å². The van der Waals surface area contributed by atoms with E-state index in [2.05, 4.69) is 5.92 Å². The molecule has 0 heterocycles. The van der Waals surface area contributed by atoms with Crippen LogP contribution in [0.5, 0.6) is 0 Å². The Labute approximate surface area is 85.2 Å². The Hall–Kier alpha value is -1.46. The number of hydrogen-bond donors (Lipinski definition) is 1. The van der Waals surface area contributed by atoms with E-state index in [0.29, 0.717) is 6.42 Å². The van der Waals surface area contributed by atoms with Gasteiger partial charge in [0, 0.05) is 26.2 Å². The Morgan fingerprint density at radius 1 is 1.50 bits per heavy atom. The maximum absolute atomic E-state index is 9.67. The predicted octanol–water partition coefficient (Wildman–Crippen LogP) is 1.81. The summed E-state index contributed by atoms with van der Waals surface area (Å²) in [6.07, 6.45) is 4.95. The highest BCUT2D eigenvalue weighted by Gasteiger charge is 2.06. The van der Waals surface area contributed by atoms with Crippen molar-refractivity contribution in [3.8, 4) is 12.3 Å². The lowest BCUT2D eigenvalue weighted by molar-refractivity contribution is 0.184. The summed E-state index contributed by atoms with van der Waals surface area (Å²) in [4.78, 5) is 1.99. The minimum absolute atomic E-state index is 0.358. The van der Waals surface area contributed by atoms with Crippen molar-refractivity contribution >= 4 is 5.69 Å². The van der Waals surface area contributed by atoms with Crippen molar-refractivity contribution in [2.24, 2.45) is 0 Å². The zero-order valence-electron chi connectivity index (χ0n) is 8.57. The number of aliphatic hydroxyl groups is 1. The highest BCUT2D eigenvalue weighted by atomic mass is 16.3. The molecule has 0 radical (unpaired) electrons. The van der Waals surface area contributed by atoms with Crippen LogP contribution in [-0.2, 0) is 0 Å². The second-order valence-corrected chi connectivity index (χ2v) is 3.41. The summed E-state index contributed by atoms with van der Waals surface area (Å²) in [6, 6.07) is 7.74. The van der Waals surface area contributed by atoms with Crippen LogP contribution in [0.4, 0.5) is 5.69 Å². The third-order valence-electron chi connectivity index (χ3n) is 2.08. The fourth-order valence-corrected chi connectivity index (χ4v) is 1.24. The topological polar surface area (TPSA) is 23.5 Å². The molecule has 2 nitrogen and oxygen atoms in total. The summed E-state index contributed by atoms with van der Waals surface area (Å²) >= 11 is 0. The van der Waals surface area contributed by atoms with Crippen LogP contribution in [0.3, 0.4) is 0 Å². The van der Waals surface area contributed by atoms with Gasteiger partial charge >= 0.3 is 0 Å². The molecule has 0 bridgehead atoms. The van der Waals surface area contributed by atoms with Gasteiger partial charge in [0.05, 0.1) is 6.10 Å². The van der Waals surface area contributed by atoms with Crippen LogP contribution < -0.4 is 4.90 Å². The molecule has 2 heteroatoms. The SMILES string of the molecule is C#CCC(O)c1cccc(N(C)C)c1. The molecule has 0 spiro atoms. The van der Waals surface area contributed by atoms with E-state index in [-0.39, 0.29) is 0 Å². The van der Waals surface area contributed by atoms with Crippen molar-refractivity contribution in [2.75, 3.05) is 19.0 Å². The first kappa shape index (κ1) is 10.6. The molecule has 1 aromatic rings. The summed E-state index contributed by atoms with van der Waals surface area (Å²) in [5, 5.41) is 9.67. The number of aliphatic hydroxyl groups excluding tert-OH is 1. The number of rotatable bonds is 3. The summed E-state index contributed by atoms with van der Waals surface area (Å²) in [6.45, 7) is 0. The van der Waals surface area contributed by atoms with E-state index in [1.807, 2.05) is 43.3 Å². The van der Waals surface area contributed by atoms with Crippen LogP contribution in [-0.4, -0.2) is 19.2 Å². The van der Waals surface area contributed by atoms with Gasteiger partial charge < -0.3 is 10.0 Å². The van der Waals surface area contributed by atoms with Gasteiger partial charge in [0.15, 0.2) is 0 Å². The van der Waals surface area contributed by atoms with Crippen molar-refractivity contribution in [1.29, 1.82) is 0 Å². The van der Waals surface area contributed by atoms with E-state index in [1.165, 1.54) is 0 Å². The third kappa shape index (κ3) is 2.51. The van der Waals surface area contributed by atoms with Gasteiger partial charge in [-0.15, -0.1) is 12.3 Å². The summed E-state index contributed by atoms with van der Waals surface area (Å²) < 4.78 is 0. The van der Waals surface area contributed by atoms with Gasteiger partial charge in [-0.25, -0.2) is 0 Å². The number of hydrogen-bond acceptors (Lipinski definition) is 2. The summed E-state index contributed by atoms with van der Waals surface area (Å²) in [5.74, 6) is 2.45. The van der Waals surface area contributed by atoms with E-state index in [0.717, 1.165) is 11.3 Å². The molecule has 0 amide bonds. The molecule has 1 atom stereocenters. The van der Waals surface area contributed by atoms with E-state index >= 15 is 0 Å². The van der Waals surface area contributed by atoms with Crippen LogP contribution in [0.2, 0.25) is 0 Å².